The molecule has 0 radical (unpaired) electrons. The number of carboxylic acid groups (broad SMARTS) is 1. The molecule has 2 aromatic carbocycles. The second-order valence-corrected chi connectivity index (χ2v) is 5.64. The van der Waals surface area contributed by atoms with Crippen LogP contribution in [0.5, 0.6) is 5.75 Å². The van der Waals surface area contributed by atoms with Gasteiger partial charge in [0.25, 0.3) is 0 Å². The van der Waals surface area contributed by atoms with E-state index in [-0.39, 0.29) is 11.4 Å². The first kappa shape index (κ1) is 14.0. The number of aliphatic carboxylic acids is 1. The highest BCUT2D eigenvalue weighted by Gasteiger charge is 2.34. The maximum absolute atomic E-state index is 13.4. The normalized spacial score (nSPS) is 16.3. The molecular weight excluding hydrogens is 325 g/mol. The first-order chi connectivity index (χ1) is 11.0. The maximum atomic E-state index is 13.4. The van der Waals surface area contributed by atoms with E-state index in [9.17, 15) is 9.18 Å². The van der Waals surface area contributed by atoms with Gasteiger partial charge in [0.2, 0.25) is 0 Å². The van der Waals surface area contributed by atoms with Gasteiger partial charge in [-0.15, -0.1) is 0 Å². The van der Waals surface area contributed by atoms with Gasteiger partial charge in [0.15, 0.2) is 11.9 Å². The van der Waals surface area contributed by atoms with Gasteiger partial charge in [0.1, 0.15) is 17.1 Å². The van der Waals surface area contributed by atoms with Crippen molar-refractivity contribution < 1.29 is 23.6 Å². The molecule has 116 valence electrons. The molecule has 0 saturated carbocycles. The molecule has 7 heteroatoms. The van der Waals surface area contributed by atoms with Crippen LogP contribution in [0.15, 0.2) is 34.9 Å². The number of benzene rings is 2. The highest BCUT2D eigenvalue weighted by Crippen LogP contribution is 2.43. The van der Waals surface area contributed by atoms with E-state index in [1.807, 2.05) is 0 Å². The van der Waals surface area contributed by atoms with Crippen LogP contribution in [0.1, 0.15) is 5.56 Å². The predicted octanol–water partition coefficient (Wildman–Crippen LogP) is 3.68. The van der Waals surface area contributed by atoms with Gasteiger partial charge >= 0.3 is 5.97 Å². The summed E-state index contributed by atoms with van der Waals surface area (Å²) in [5, 5.41) is 14.0. The van der Waals surface area contributed by atoms with Crippen LogP contribution in [0, 0.1) is 5.82 Å². The predicted molar refractivity (Wildman–Crippen MR) is 80.2 cm³/mol. The van der Waals surface area contributed by atoms with E-state index in [0.29, 0.717) is 33.5 Å². The highest BCUT2D eigenvalue weighted by atomic mass is 35.5. The Labute approximate surface area is 134 Å². The van der Waals surface area contributed by atoms with Gasteiger partial charge < -0.3 is 14.4 Å². The molecule has 1 aliphatic rings. The van der Waals surface area contributed by atoms with Crippen LogP contribution in [0.4, 0.5) is 4.39 Å². The molecule has 3 aromatic rings. The number of ether oxygens (including phenoxy) is 1. The first-order valence-corrected chi connectivity index (χ1v) is 7.18. The first-order valence-electron chi connectivity index (χ1n) is 6.81. The molecule has 0 spiro atoms. The van der Waals surface area contributed by atoms with Crippen LogP contribution in [0.3, 0.4) is 0 Å². The van der Waals surface area contributed by atoms with E-state index >= 15 is 0 Å². The minimum Gasteiger partial charge on any atom is -0.478 e. The molecule has 0 aliphatic carbocycles. The van der Waals surface area contributed by atoms with Gasteiger partial charge in [-0.05, 0) is 18.2 Å². The Morgan fingerprint density at radius 3 is 2.96 bits per heavy atom. The number of fused-ring (bicyclic) bond motifs is 3. The van der Waals surface area contributed by atoms with Gasteiger partial charge in [-0.25, -0.2) is 9.18 Å². The summed E-state index contributed by atoms with van der Waals surface area (Å²) in [7, 11) is 0. The Hall–Kier alpha value is -2.60. The Bertz CT molecular complexity index is 953. The molecule has 0 saturated heterocycles. The number of aromatic nitrogens is 1. The molecule has 1 aliphatic heterocycles. The fourth-order valence-electron chi connectivity index (χ4n) is 2.75. The van der Waals surface area contributed by atoms with Crippen molar-refractivity contribution in [1.29, 1.82) is 0 Å². The summed E-state index contributed by atoms with van der Waals surface area (Å²) in [4.78, 5) is 11.1. The SMILES string of the molecule is O=C(O)C1Cc2c(c(Cl)cc3c(-c4cccc(F)c4)onc23)O1. The molecule has 5 nitrogen and oxygen atoms in total. The average molecular weight is 334 g/mol. The molecule has 4 rings (SSSR count). The van der Waals surface area contributed by atoms with E-state index in [1.54, 1.807) is 18.2 Å². The molecule has 1 unspecified atom stereocenters. The maximum Gasteiger partial charge on any atom is 0.345 e. The van der Waals surface area contributed by atoms with Gasteiger partial charge in [0, 0.05) is 17.5 Å². The van der Waals surface area contributed by atoms with Crippen LogP contribution >= 0.6 is 11.6 Å². The lowest BCUT2D eigenvalue weighted by Gasteiger charge is -2.05. The lowest BCUT2D eigenvalue weighted by atomic mass is 10.0. The molecular formula is C16H9ClFNO4. The summed E-state index contributed by atoms with van der Waals surface area (Å²) < 4.78 is 24.1. The summed E-state index contributed by atoms with van der Waals surface area (Å²) in [5.41, 5.74) is 1.59. The van der Waals surface area contributed by atoms with E-state index in [2.05, 4.69) is 5.16 Å². The van der Waals surface area contributed by atoms with Crippen molar-refractivity contribution in [3.63, 3.8) is 0 Å². The third-order valence-electron chi connectivity index (χ3n) is 3.79. The summed E-state index contributed by atoms with van der Waals surface area (Å²) >= 11 is 6.20. The van der Waals surface area contributed by atoms with Gasteiger partial charge in [-0.2, -0.15) is 0 Å². The van der Waals surface area contributed by atoms with Crippen LogP contribution in [0.25, 0.3) is 22.2 Å². The topological polar surface area (TPSA) is 72.6 Å². The van der Waals surface area contributed by atoms with Crippen LogP contribution < -0.4 is 4.74 Å². The van der Waals surface area contributed by atoms with E-state index in [1.165, 1.54) is 12.1 Å². The third-order valence-corrected chi connectivity index (χ3v) is 4.07. The Morgan fingerprint density at radius 2 is 2.22 bits per heavy atom. The molecule has 1 atom stereocenters. The molecule has 2 heterocycles. The number of hydrogen-bond acceptors (Lipinski definition) is 4. The molecule has 0 bridgehead atoms. The standard InChI is InChI=1S/C16H9ClFNO4/c17-11-5-9-13(10-6-12(16(20)21)22-15(10)11)19-23-14(9)7-2-1-3-8(18)4-7/h1-5,12H,6H2,(H,20,21). The Morgan fingerprint density at radius 1 is 1.39 bits per heavy atom. The van der Waals surface area contributed by atoms with Crippen molar-refractivity contribution in [2.75, 3.05) is 0 Å². The summed E-state index contributed by atoms with van der Waals surface area (Å²) in [5.74, 6) is -0.776. The Balaban J connectivity index is 1.91. The van der Waals surface area contributed by atoms with Crippen molar-refractivity contribution in [3.8, 4) is 17.1 Å². The van der Waals surface area contributed by atoms with Gasteiger partial charge in [-0.1, -0.05) is 28.9 Å². The second-order valence-electron chi connectivity index (χ2n) is 5.23. The average Bonchev–Trinajstić information content (AvgIpc) is 3.11. The van der Waals surface area contributed by atoms with Crippen molar-refractivity contribution in [3.05, 3.63) is 46.7 Å². The zero-order valence-electron chi connectivity index (χ0n) is 11.5. The van der Waals surface area contributed by atoms with Crippen molar-refractivity contribution >= 4 is 28.5 Å². The highest BCUT2D eigenvalue weighted by molar-refractivity contribution is 6.33. The zero-order chi connectivity index (χ0) is 16.1. The summed E-state index contributed by atoms with van der Waals surface area (Å²) in [6, 6.07) is 7.52. The van der Waals surface area contributed by atoms with Crippen LogP contribution in [-0.4, -0.2) is 22.3 Å². The zero-order valence-corrected chi connectivity index (χ0v) is 12.3. The monoisotopic (exact) mass is 333 g/mol. The van der Waals surface area contributed by atoms with E-state index in [0.717, 1.165) is 0 Å². The number of nitrogens with zero attached hydrogens (tertiary/aromatic N) is 1. The number of carboxylic acids is 1. The molecule has 0 amide bonds. The molecule has 23 heavy (non-hydrogen) atoms. The summed E-state index contributed by atoms with van der Waals surface area (Å²) in [6.45, 7) is 0. The van der Waals surface area contributed by atoms with E-state index in [4.69, 9.17) is 26.0 Å². The van der Waals surface area contributed by atoms with Gasteiger partial charge in [-0.3, -0.25) is 0 Å². The number of rotatable bonds is 2. The summed E-state index contributed by atoms with van der Waals surface area (Å²) in [6.07, 6.45) is -0.848. The fourth-order valence-corrected chi connectivity index (χ4v) is 3.02. The largest absolute Gasteiger partial charge is 0.478 e. The lowest BCUT2D eigenvalue weighted by molar-refractivity contribution is -0.144. The Kier molecular flexibility index (Phi) is 3.02. The second kappa shape index (κ2) is 4.96. The van der Waals surface area contributed by atoms with Crippen molar-refractivity contribution in [1.82, 2.24) is 5.16 Å². The molecule has 1 aromatic heterocycles. The van der Waals surface area contributed by atoms with Crippen LogP contribution in [0.2, 0.25) is 5.02 Å². The number of hydrogen-bond donors (Lipinski definition) is 1. The van der Waals surface area contributed by atoms with Crippen molar-refractivity contribution in [2.45, 2.75) is 12.5 Å². The minimum atomic E-state index is -1.07. The van der Waals surface area contributed by atoms with E-state index < -0.39 is 17.9 Å². The van der Waals surface area contributed by atoms with Gasteiger partial charge in [0.05, 0.1) is 10.4 Å². The molecule has 1 N–H and O–H groups in total. The quantitative estimate of drug-likeness (QED) is 0.774. The minimum absolute atomic E-state index is 0.150. The van der Waals surface area contributed by atoms with Crippen LogP contribution in [-0.2, 0) is 11.2 Å². The number of carbonyl (C=O) groups is 1. The third kappa shape index (κ3) is 2.14. The fraction of sp³-hybridized carbons (Fsp3) is 0.125. The smallest absolute Gasteiger partial charge is 0.345 e. The molecule has 0 fully saturated rings. The van der Waals surface area contributed by atoms with Crippen molar-refractivity contribution in [2.24, 2.45) is 0 Å². The lowest BCUT2D eigenvalue weighted by Crippen LogP contribution is -2.24. The number of halogens is 2.